The van der Waals surface area contributed by atoms with Gasteiger partial charge in [-0.3, -0.25) is 20.2 Å². The van der Waals surface area contributed by atoms with Crippen molar-refractivity contribution in [3.8, 4) is 11.5 Å². The molecule has 2 aliphatic rings. The SMILES string of the molecule is COc1ccc([C@H]2[C@H]([N+](=O)[O-])[C@@H](Cc3cnc[nH]3)N[C@]23C(=O)Nc2ccc(OC(F)(F)F)cc23)cc1. The van der Waals surface area contributed by atoms with Gasteiger partial charge in [-0.15, -0.1) is 13.2 Å². The molecule has 1 amide bonds. The number of hydrogen-bond donors (Lipinski definition) is 3. The molecule has 1 spiro atoms. The zero-order valence-corrected chi connectivity index (χ0v) is 18.7. The first kappa shape index (κ1) is 23.6. The van der Waals surface area contributed by atoms with Crippen LogP contribution in [0.2, 0.25) is 0 Å². The number of amides is 1. The van der Waals surface area contributed by atoms with Gasteiger partial charge in [-0.2, -0.15) is 0 Å². The fraction of sp³-hybridized carbons (Fsp3) is 0.304. The molecule has 13 heteroatoms. The predicted molar refractivity (Wildman–Crippen MR) is 119 cm³/mol. The summed E-state index contributed by atoms with van der Waals surface area (Å²) in [4.78, 5) is 32.4. The van der Waals surface area contributed by atoms with Crippen LogP contribution >= 0.6 is 0 Å². The summed E-state index contributed by atoms with van der Waals surface area (Å²) in [5.74, 6) is -1.72. The molecule has 3 aromatic rings. The molecule has 5 rings (SSSR count). The van der Waals surface area contributed by atoms with Crippen molar-refractivity contribution in [1.29, 1.82) is 0 Å². The van der Waals surface area contributed by atoms with Crippen molar-refractivity contribution in [2.24, 2.45) is 0 Å². The molecule has 0 saturated carbocycles. The van der Waals surface area contributed by atoms with Crippen molar-refractivity contribution < 1.29 is 32.4 Å². The van der Waals surface area contributed by atoms with Gasteiger partial charge in [-0.05, 0) is 35.9 Å². The zero-order valence-electron chi connectivity index (χ0n) is 18.7. The van der Waals surface area contributed by atoms with Crippen LogP contribution in [0.25, 0.3) is 0 Å². The average Bonchev–Trinajstić information content (AvgIpc) is 3.52. The van der Waals surface area contributed by atoms with Gasteiger partial charge in [-0.1, -0.05) is 12.1 Å². The summed E-state index contributed by atoms with van der Waals surface area (Å²) in [7, 11) is 1.47. The molecule has 1 saturated heterocycles. The highest BCUT2D eigenvalue weighted by molar-refractivity contribution is 6.07. The highest BCUT2D eigenvalue weighted by Crippen LogP contribution is 2.53. The molecular formula is C23H20F3N5O5. The van der Waals surface area contributed by atoms with Gasteiger partial charge in [0.15, 0.2) is 0 Å². The van der Waals surface area contributed by atoms with Crippen LogP contribution < -0.4 is 20.1 Å². The number of H-pyrrole nitrogens is 1. The fourth-order valence-corrected chi connectivity index (χ4v) is 5.24. The fourth-order valence-electron chi connectivity index (χ4n) is 5.24. The van der Waals surface area contributed by atoms with E-state index in [0.717, 1.165) is 12.1 Å². The summed E-state index contributed by atoms with van der Waals surface area (Å²) in [5.41, 5.74) is -0.323. The minimum atomic E-state index is -4.96. The summed E-state index contributed by atoms with van der Waals surface area (Å²) < 4.78 is 48.2. The Kier molecular flexibility index (Phi) is 5.58. The number of benzene rings is 2. The van der Waals surface area contributed by atoms with Gasteiger partial charge >= 0.3 is 6.36 Å². The number of nitro groups is 1. The minimum absolute atomic E-state index is 0.126. The lowest BCUT2D eigenvalue weighted by atomic mass is 9.74. The third-order valence-corrected chi connectivity index (χ3v) is 6.60. The topological polar surface area (TPSA) is 131 Å². The number of alkyl halides is 3. The Balaban J connectivity index is 1.69. The van der Waals surface area contributed by atoms with E-state index in [1.807, 2.05) is 0 Å². The monoisotopic (exact) mass is 503 g/mol. The van der Waals surface area contributed by atoms with Crippen molar-refractivity contribution in [1.82, 2.24) is 15.3 Å². The maximum absolute atomic E-state index is 13.6. The largest absolute Gasteiger partial charge is 0.573 e. The third kappa shape index (κ3) is 3.90. The zero-order chi connectivity index (χ0) is 25.7. The van der Waals surface area contributed by atoms with E-state index in [1.54, 1.807) is 24.3 Å². The quantitative estimate of drug-likeness (QED) is 0.348. The number of nitrogens with one attached hydrogen (secondary N) is 3. The lowest BCUT2D eigenvalue weighted by Crippen LogP contribution is -2.49. The Morgan fingerprint density at radius 3 is 2.50 bits per heavy atom. The molecule has 188 valence electrons. The van der Waals surface area contributed by atoms with Gasteiger partial charge in [-0.25, -0.2) is 4.98 Å². The van der Waals surface area contributed by atoms with Crippen molar-refractivity contribution >= 4 is 11.6 Å². The Bertz CT molecular complexity index is 1300. The molecule has 3 N–H and O–H groups in total. The molecule has 0 radical (unpaired) electrons. The molecule has 2 aliphatic heterocycles. The Labute approximate surface area is 202 Å². The normalized spacial score (nSPS) is 25.0. The van der Waals surface area contributed by atoms with Crippen LogP contribution in [-0.4, -0.2) is 46.4 Å². The molecule has 10 nitrogen and oxygen atoms in total. The van der Waals surface area contributed by atoms with Crippen LogP contribution in [-0.2, 0) is 16.8 Å². The number of halogens is 3. The number of hydrogen-bond acceptors (Lipinski definition) is 7. The average molecular weight is 503 g/mol. The first-order valence-electron chi connectivity index (χ1n) is 10.9. The van der Waals surface area contributed by atoms with Crippen LogP contribution in [0, 0.1) is 10.1 Å². The second-order valence-electron chi connectivity index (χ2n) is 8.58. The van der Waals surface area contributed by atoms with E-state index < -0.39 is 46.5 Å². The summed E-state index contributed by atoms with van der Waals surface area (Å²) in [6.45, 7) is 0. The highest BCUT2D eigenvalue weighted by Gasteiger charge is 2.66. The number of ether oxygens (including phenoxy) is 2. The summed E-state index contributed by atoms with van der Waals surface area (Å²) in [5, 5.41) is 18.3. The first-order valence-corrected chi connectivity index (χ1v) is 10.9. The number of carbonyl (C=O) groups is 1. The van der Waals surface area contributed by atoms with Crippen molar-refractivity contribution in [2.75, 3.05) is 12.4 Å². The molecule has 1 fully saturated rings. The number of fused-ring (bicyclic) bond motifs is 2. The number of anilines is 1. The number of aromatic amines is 1. The lowest BCUT2D eigenvalue weighted by molar-refractivity contribution is -0.526. The summed E-state index contributed by atoms with van der Waals surface area (Å²) in [6.07, 6.45) is -1.88. The minimum Gasteiger partial charge on any atom is -0.497 e. The smallest absolute Gasteiger partial charge is 0.497 e. The lowest BCUT2D eigenvalue weighted by Gasteiger charge is -2.30. The van der Waals surface area contributed by atoms with Crippen LogP contribution in [0.5, 0.6) is 11.5 Å². The Hall–Kier alpha value is -4.13. The van der Waals surface area contributed by atoms with E-state index in [1.165, 1.54) is 25.7 Å². The van der Waals surface area contributed by atoms with E-state index in [4.69, 9.17) is 4.74 Å². The van der Waals surface area contributed by atoms with E-state index >= 15 is 0 Å². The van der Waals surface area contributed by atoms with E-state index in [2.05, 4.69) is 25.3 Å². The number of methoxy groups -OCH3 is 1. The second-order valence-corrected chi connectivity index (χ2v) is 8.58. The van der Waals surface area contributed by atoms with Crippen molar-refractivity contribution in [3.05, 3.63) is 81.9 Å². The van der Waals surface area contributed by atoms with Gasteiger partial charge < -0.3 is 19.8 Å². The predicted octanol–water partition coefficient (Wildman–Crippen LogP) is 3.11. The molecule has 1 aromatic heterocycles. The third-order valence-electron chi connectivity index (χ3n) is 6.60. The molecule has 3 heterocycles. The molecular weight excluding hydrogens is 483 g/mol. The highest BCUT2D eigenvalue weighted by atomic mass is 19.4. The number of carbonyl (C=O) groups excluding carboxylic acids is 1. The summed E-state index contributed by atoms with van der Waals surface area (Å²) in [6, 6.07) is 7.74. The number of aromatic nitrogens is 2. The summed E-state index contributed by atoms with van der Waals surface area (Å²) >= 11 is 0. The van der Waals surface area contributed by atoms with E-state index in [9.17, 15) is 28.1 Å². The number of imidazole rings is 1. The van der Waals surface area contributed by atoms with Gasteiger partial charge in [0.1, 0.15) is 17.0 Å². The molecule has 0 aliphatic carbocycles. The number of nitrogens with zero attached hydrogens (tertiary/aromatic N) is 2. The van der Waals surface area contributed by atoms with Gasteiger partial charge in [0.05, 0.1) is 25.4 Å². The van der Waals surface area contributed by atoms with Gasteiger partial charge in [0.2, 0.25) is 11.9 Å². The van der Waals surface area contributed by atoms with Crippen LogP contribution in [0.3, 0.4) is 0 Å². The van der Waals surface area contributed by atoms with Crippen molar-refractivity contribution in [3.63, 3.8) is 0 Å². The molecule has 0 bridgehead atoms. The van der Waals surface area contributed by atoms with E-state index in [-0.39, 0.29) is 17.7 Å². The van der Waals surface area contributed by atoms with Crippen molar-refractivity contribution in [2.45, 2.75) is 36.3 Å². The standard InChI is InChI=1S/C23H20F3N5O5/c1-35-14-4-2-12(3-5-14)19-20(31(33)34)18(8-13-10-27-11-28-13)30-22(19)16-9-15(36-23(24,25)26)6-7-17(16)29-21(22)32/h2-7,9-11,18-20,30H,8H2,1H3,(H,27,28)(H,29,32)/t18-,19+,20-,22+/m1/s1. The molecule has 36 heavy (non-hydrogen) atoms. The number of rotatable bonds is 6. The molecule has 0 unspecified atom stereocenters. The van der Waals surface area contributed by atoms with Crippen LogP contribution in [0.15, 0.2) is 55.0 Å². The Morgan fingerprint density at radius 2 is 1.89 bits per heavy atom. The second kappa shape index (κ2) is 8.52. The van der Waals surface area contributed by atoms with Gasteiger partial charge in [0, 0.05) is 34.5 Å². The maximum Gasteiger partial charge on any atom is 0.573 e. The molecule has 4 atom stereocenters. The van der Waals surface area contributed by atoms with Gasteiger partial charge in [0.25, 0.3) is 0 Å². The first-order chi connectivity index (χ1) is 17.1. The molecule has 2 aromatic carbocycles. The van der Waals surface area contributed by atoms with Crippen LogP contribution in [0.4, 0.5) is 18.9 Å². The Morgan fingerprint density at radius 1 is 1.17 bits per heavy atom. The van der Waals surface area contributed by atoms with Crippen LogP contribution in [0.1, 0.15) is 22.7 Å². The maximum atomic E-state index is 13.6. The van der Waals surface area contributed by atoms with E-state index in [0.29, 0.717) is 17.0 Å².